The number of aromatic nitrogens is 1. The molecule has 0 amide bonds. The van der Waals surface area contributed by atoms with Crippen LogP contribution in [0.4, 0.5) is 5.82 Å². The highest BCUT2D eigenvalue weighted by atomic mass is 16.5. The van der Waals surface area contributed by atoms with Gasteiger partial charge in [-0.2, -0.15) is 0 Å². The first-order valence-corrected chi connectivity index (χ1v) is 6.57. The Labute approximate surface area is 119 Å². The summed E-state index contributed by atoms with van der Waals surface area (Å²) in [7, 11) is 7.27. The van der Waals surface area contributed by atoms with E-state index in [1.165, 1.54) is 0 Å². The van der Waals surface area contributed by atoms with Crippen LogP contribution in [-0.2, 0) is 0 Å². The Morgan fingerprint density at radius 2 is 1.90 bits per heavy atom. The summed E-state index contributed by atoms with van der Waals surface area (Å²) >= 11 is 0. The Kier molecular flexibility index (Phi) is 4.63. The second-order valence-electron chi connectivity index (χ2n) is 4.59. The zero-order chi connectivity index (χ0) is 14.5. The first-order chi connectivity index (χ1) is 9.71. The van der Waals surface area contributed by atoms with Gasteiger partial charge in [0.1, 0.15) is 5.82 Å². The zero-order valence-corrected chi connectivity index (χ0v) is 12.4. The van der Waals surface area contributed by atoms with Crippen molar-refractivity contribution in [3.05, 3.63) is 24.4 Å². The number of fused-ring (bicyclic) bond motifs is 1. The van der Waals surface area contributed by atoms with Crippen molar-refractivity contribution in [3.63, 3.8) is 0 Å². The van der Waals surface area contributed by atoms with Crippen LogP contribution in [0.25, 0.3) is 10.8 Å². The molecule has 5 heteroatoms. The Morgan fingerprint density at radius 1 is 1.20 bits per heavy atom. The number of rotatable bonds is 6. The van der Waals surface area contributed by atoms with Crippen molar-refractivity contribution < 1.29 is 9.47 Å². The van der Waals surface area contributed by atoms with Gasteiger partial charge in [-0.25, -0.2) is 4.98 Å². The molecule has 1 aromatic heterocycles. The number of methoxy groups -OCH3 is 2. The second-order valence-corrected chi connectivity index (χ2v) is 4.59. The van der Waals surface area contributed by atoms with Crippen LogP contribution >= 0.6 is 0 Å². The quantitative estimate of drug-likeness (QED) is 0.872. The molecule has 20 heavy (non-hydrogen) atoms. The van der Waals surface area contributed by atoms with Crippen molar-refractivity contribution in [1.29, 1.82) is 0 Å². The molecule has 0 aliphatic rings. The molecule has 0 aliphatic carbocycles. The van der Waals surface area contributed by atoms with E-state index < -0.39 is 0 Å². The summed E-state index contributed by atoms with van der Waals surface area (Å²) in [6.45, 7) is 1.79. The molecule has 0 fully saturated rings. The minimum absolute atomic E-state index is 0.719. The van der Waals surface area contributed by atoms with Crippen LogP contribution in [0.2, 0.25) is 0 Å². The van der Waals surface area contributed by atoms with E-state index in [9.17, 15) is 0 Å². The van der Waals surface area contributed by atoms with Gasteiger partial charge in [0.25, 0.3) is 0 Å². The van der Waals surface area contributed by atoms with Crippen molar-refractivity contribution in [2.24, 2.45) is 0 Å². The van der Waals surface area contributed by atoms with Gasteiger partial charge in [0, 0.05) is 31.7 Å². The summed E-state index contributed by atoms with van der Waals surface area (Å²) in [5.74, 6) is 2.39. The molecule has 108 valence electrons. The lowest BCUT2D eigenvalue weighted by Gasteiger charge is -2.20. The third-order valence-electron chi connectivity index (χ3n) is 3.31. The predicted octanol–water partition coefficient (Wildman–Crippen LogP) is 1.91. The highest BCUT2D eigenvalue weighted by Gasteiger charge is 2.12. The van der Waals surface area contributed by atoms with Gasteiger partial charge in [-0.15, -0.1) is 0 Å². The fraction of sp³-hybridized carbons (Fsp3) is 0.400. The van der Waals surface area contributed by atoms with Gasteiger partial charge in [0.15, 0.2) is 11.5 Å². The average molecular weight is 275 g/mol. The van der Waals surface area contributed by atoms with Crippen LogP contribution in [-0.4, -0.2) is 46.4 Å². The van der Waals surface area contributed by atoms with Crippen LogP contribution in [0, 0.1) is 0 Å². The highest BCUT2D eigenvalue weighted by Crippen LogP contribution is 2.35. The summed E-state index contributed by atoms with van der Waals surface area (Å²) in [5, 5.41) is 5.29. The number of hydrogen-bond acceptors (Lipinski definition) is 5. The molecule has 5 nitrogen and oxygen atoms in total. The molecular weight excluding hydrogens is 254 g/mol. The highest BCUT2D eigenvalue weighted by molar-refractivity contribution is 5.94. The summed E-state index contributed by atoms with van der Waals surface area (Å²) in [4.78, 5) is 6.62. The Bertz CT molecular complexity index is 587. The SMILES string of the molecule is CNCCN(C)c1nccc2cc(OC)c(OC)cc12. The molecule has 1 aromatic carbocycles. The van der Waals surface area contributed by atoms with Crippen molar-refractivity contribution in [3.8, 4) is 11.5 Å². The molecule has 0 aliphatic heterocycles. The van der Waals surface area contributed by atoms with E-state index in [0.29, 0.717) is 0 Å². The van der Waals surface area contributed by atoms with E-state index in [-0.39, 0.29) is 0 Å². The molecule has 0 saturated heterocycles. The summed E-state index contributed by atoms with van der Waals surface area (Å²) in [5.41, 5.74) is 0. The largest absolute Gasteiger partial charge is 0.493 e. The number of likely N-dealkylation sites (N-methyl/N-ethyl adjacent to an activating group) is 2. The van der Waals surface area contributed by atoms with Crippen LogP contribution < -0.4 is 19.7 Å². The number of ether oxygens (including phenoxy) is 2. The average Bonchev–Trinajstić information content (AvgIpc) is 2.50. The summed E-state index contributed by atoms with van der Waals surface area (Å²) in [6, 6.07) is 5.93. The minimum Gasteiger partial charge on any atom is -0.493 e. The van der Waals surface area contributed by atoms with E-state index >= 15 is 0 Å². The monoisotopic (exact) mass is 275 g/mol. The van der Waals surface area contributed by atoms with Gasteiger partial charge in [-0.1, -0.05) is 0 Å². The van der Waals surface area contributed by atoms with Gasteiger partial charge in [0.05, 0.1) is 14.2 Å². The van der Waals surface area contributed by atoms with Crippen LogP contribution in [0.3, 0.4) is 0 Å². The molecule has 2 rings (SSSR count). The number of hydrogen-bond donors (Lipinski definition) is 1. The molecule has 0 unspecified atom stereocenters. The van der Waals surface area contributed by atoms with Gasteiger partial charge in [-0.05, 0) is 30.6 Å². The smallest absolute Gasteiger partial charge is 0.161 e. The van der Waals surface area contributed by atoms with Crippen LogP contribution in [0.1, 0.15) is 0 Å². The Morgan fingerprint density at radius 3 is 2.55 bits per heavy atom. The first-order valence-electron chi connectivity index (χ1n) is 6.57. The third-order valence-corrected chi connectivity index (χ3v) is 3.31. The first kappa shape index (κ1) is 14.4. The van der Waals surface area contributed by atoms with E-state index in [1.807, 2.05) is 38.5 Å². The fourth-order valence-electron chi connectivity index (χ4n) is 2.17. The van der Waals surface area contributed by atoms with Gasteiger partial charge >= 0.3 is 0 Å². The minimum atomic E-state index is 0.719. The molecule has 0 radical (unpaired) electrons. The maximum absolute atomic E-state index is 5.38. The maximum Gasteiger partial charge on any atom is 0.161 e. The van der Waals surface area contributed by atoms with Crippen molar-refractivity contribution in [1.82, 2.24) is 10.3 Å². The number of pyridine rings is 1. The van der Waals surface area contributed by atoms with E-state index in [4.69, 9.17) is 9.47 Å². The number of nitrogens with zero attached hydrogens (tertiary/aromatic N) is 2. The maximum atomic E-state index is 5.38. The van der Waals surface area contributed by atoms with E-state index in [1.54, 1.807) is 14.2 Å². The molecule has 1 N–H and O–H groups in total. The molecule has 0 spiro atoms. The Hall–Kier alpha value is -2.01. The molecule has 2 aromatic rings. The molecule has 0 atom stereocenters. The lowest BCUT2D eigenvalue weighted by molar-refractivity contribution is 0.356. The van der Waals surface area contributed by atoms with Crippen molar-refractivity contribution in [2.75, 3.05) is 46.3 Å². The van der Waals surface area contributed by atoms with E-state index in [2.05, 4.69) is 15.2 Å². The molecule has 0 bridgehead atoms. The topological polar surface area (TPSA) is 46.6 Å². The lowest BCUT2D eigenvalue weighted by atomic mass is 10.1. The fourth-order valence-corrected chi connectivity index (χ4v) is 2.17. The van der Waals surface area contributed by atoms with Crippen molar-refractivity contribution in [2.45, 2.75) is 0 Å². The Balaban J connectivity index is 2.50. The van der Waals surface area contributed by atoms with Crippen LogP contribution in [0.15, 0.2) is 24.4 Å². The van der Waals surface area contributed by atoms with Crippen molar-refractivity contribution >= 4 is 16.6 Å². The third kappa shape index (κ3) is 2.77. The molecular formula is C15H21N3O2. The summed E-state index contributed by atoms with van der Waals surface area (Å²) in [6.07, 6.45) is 1.82. The summed E-state index contributed by atoms with van der Waals surface area (Å²) < 4.78 is 10.7. The van der Waals surface area contributed by atoms with Crippen LogP contribution in [0.5, 0.6) is 11.5 Å². The second kappa shape index (κ2) is 6.43. The molecule has 1 heterocycles. The normalized spacial score (nSPS) is 10.6. The number of benzene rings is 1. The standard InChI is InChI=1S/C15H21N3O2/c1-16-7-8-18(2)15-12-10-14(20-4)13(19-3)9-11(12)5-6-17-15/h5-6,9-10,16H,7-8H2,1-4H3. The van der Waals surface area contributed by atoms with E-state index in [0.717, 1.165) is 41.2 Å². The number of anilines is 1. The number of nitrogens with one attached hydrogen (secondary N) is 1. The lowest BCUT2D eigenvalue weighted by Crippen LogP contribution is -2.27. The zero-order valence-electron chi connectivity index (χ0n) is 12.4. The van der Waals surface area contributed by atoms with Gasteiger partial charge in [-0.3, -0.25) is 0 Å². The van der Waals surface area contributed by atoms with Gasteiger partial charge < -0.3 is 19.7 Å². The predicted molar refractivity (Wildman–Crippen MR) is 82.0 cm³/mol. The van der Waals surface area contributed by atoms with Gasteiger partial charge in [0.2, 0.25) is 0 Å². The molecule has 0 saturated carbocycles.